The minimum atomic E-state index is -1.01. The third kappa shape index (κ3) is 5.08. The van der Waals surface area contributed by atoms with Gasteiger partial charge in [-0.3, -0.25) is 9.59 Å². The molecule has 4 rings (SSSR count). The van der Waals surface area contributed by atoms with Crippen LogP contribution in [0.5, 0.6) is 0 Å². The molecule has 0 unspecified atom stereocenters. The monoisotopic (exact) mass is 448 g/mol. The lowest BCUT2D eigenvalue weighted by atomic mass is 9.95. The Balaban J connectivity index is 1.74. The molecule has 1 amide bonds. The molecule has 1 aromatic carbocycles. The quantitative estimate of drug-likeness (QED) is 0.580. The van der Waals surface area contributed by atoms with E-state index in [9.17, 15) is 14.4 Å². The van der Waals surface area contributed by atoms with Crippen molar-refractivity contribution in [1.29, 1.82) is 0 Å². The topological polar surface area (TPSA) is 90.5 Å². The van der Waals surface area contributed by atoms with Crippen molar-refractivity contribution in [3.63, 3.8) is 0 Å². The summed E-state index contributed by atoms with van der Waals surface area (Å²) in [6.45, 7) is 0.258. The van der Waals surface area contributed by atoms with E-state index in [-0.39, 0.29) is 17.7 Å². The minimum absolute atomic E-state index is 0.0192. The molecule has 1 atom stereocenters. The van der Waals surface area contributed by atoms with Crippen molar-refractivity contribution in [3.05, 3.63) is 93.3 Å². The fraction of sp³-hybridized carbons (Fsp3) is 0.346. The van der Waals surface area contributed by atoms with Crippen molar-refractivity contribution < 1.29 is 18.7 Å². The van der Waals surface area contributed by atoms with E-state index >= 15 is 0 Å². The van der Waals surface area contributed by atoms with Crippen LogP contribution >= 0.6 is 0 Å². The van der Waals surface area contributed by atoms with E-state index in [2.05, 4.69) is 5.32 Å². The highest BCUT2D eigenvalue weighted by atomic mass is 16.5. The third-order valence-electron chi connectivity index (χ3n) is 6.08. The number of esters is 1. The summed E-state index contributed by atoms with van der Waals surface area (Å²) in [6.07, 6.45) is 7.39. The predicted octanol–water partition coefficient (Wildman–Crippen LogP) is 3.79. The van der Waals surface area contributed by atoms with Crippen LogP contribution in [-0.2, 0) is 28.9 Å². The molecule has 0 aliphatic heterocycles. The Labute approximate surface area is 192 Å². The number of amides is 1. The molecule has 172 valence electrons. The minimum Gasteiger partial charge on any atom is -0.467 e. The highest BCUT2D eigenvalue weighted by Crippen LogP contribution is 2.22. The van der Waals surface area contributed by atoms with Gasteiger partial charge in [-0.2, -0.15) is 0 Å². The molecule has 0 saturated carbocycles. The van der Waals surface area contributed by atoms with Crippen LogP contribution in [0.4, 0.5) is 0 Å². The second-order valence-corrected chi connectivity index (χ2v) is 8.26. The maximum Gasteiger partial charge on any atom is 0.333 e. The van der Waals surface area contributed by atoms with Gasteiger partial charge in [-0.05, 0) is 55.0 Å². The molecular weight excluding hydrogens is 420 g/mol. The van der Waals surface area contributed by atoms with E-state index in [1.165, 1.54) is 7.11 Å². The van der Waals surface area contributed by atoms with Crippen LogP contribution < -0.4 is 10.9 Å². The van der Waals surface area contributed by atoms with Gasteiger partial charge in [-0.25, -0.2) is 4.79 Å². The van der Waals surface area contributed by atoms with Crippen LogP contribution in [0.25, 0.3) is 0 Å². The van der Waals surface area contributed by atoms with Crippen molar-refractivity contribution >= 4 is 11.9 Å². The van der Waals surface area contributed by atoms with E-state index < -0.39 is 17.9 Å². The molecule has 7 nitrogen and oxygen atoms in total. The van der Waals surface area contributed by atoms with Crippen LogP contribution in [-0.4, -0.2) is 23.6 Å². The number of benzene rings is 1. The average molecular weight is 449 g/mol. The number of rotatable bonds is 6. The van der Waals surface area contributed by atoms with Gasteiger partial charge < -0.3 is 19.0 Å². The van der Waals surface area contributed by atoms with E-state index in [1.807, 2.05) is 12.1 Å². The number of furan rings is 1. The molecule has 2 heterocycles. The average Bonchev–Trinajstić information content (AvgIpc) is 3.33. The molecule has 0 spiro atoms. The Bertz CT molecular complexity index is 1170. The van der Waals surface area contributed by atoms with Gasteiger partial charge in [-0.1, -0.05) is 43.2 Å². The number of hydrogen-bond acceptors (Lipinski definition) is 5. The lowest BCUT2D eigenvalue weighted by Gasteiger charge is -2.21. The largest absolute Gasteiger partial charge is 0.467 e. The molecule has 0 fully saturated rings. The molecule has 0 saturated heterocycles. The van der Waals surface area contributed by atoms with Crippen molar-refractivity contribution in [1.82, 2.24) is 9.88 Å². The van der Waals surface area contributed by atoms with Gasteiger partial charge in [0.05, 0.1) is 19.9 Å². The Morgan fingerprint density at radius 2 is 1.82 bits per heavy atom. The number of pyridine rings is 1. The fourth-order valence-electron chi connectivity index (χ4n) is 4.37. The number of carbonyl (C=O) groups excluding carboxylic acids is 2. The maximum absolute atomic E-state index is 13.5. The first-order chi connectivity index (χ1) is 16.1. The molecule has 2 aromatic heterocycles. The number of nitrogens with zero attached hydrogens (tertiary/aromatic N) is 1. The number of hydrogen-bond donors (Lipinski definition) is 1. The van der Waals surface area contributed by atoms with E-state index in [4.69, 9.17) is 9.15 Å². The summed E-state index contributed by atoms with van der Waals surface area (Å²) in [4.78, 5) is 39.2. The number of carbonyl (C=O) groups is 2. The van der Waals surface area contributed by atoms with Gasteiger partial charge in [0.25, 0.3) is 11.5 Å². The zero-order valence-electron chi connectivity index (χ0n) is 18.7. The molecule has 0 radical (unpaired) electrons. The highest BCUT2D eigenvalue weighted by Gasteiger charge is 2.27. The lowest BCUT2D eigenvalue weighted by Crippen LogP contribution is -2.39. The van der Waals surface area contributed by atoms with E-state index in [1.54, 1.807) is 47.2 Å². The predicted molar refractivity (Wildman–Crippen MR) is 123 cm³/mol. The molecule has 33 heavy (non-hydrogen) atoms. The van der Waals surface area contributed by atoms with Gasteiger partial charge in [0.15, 0.2) is 6.04 Å². The first-order valence-electron chi connectivity index (χ1n) is 11.3. The first kappa shape index (κ1) is 22.6. The molecule has 0 bridgehead atoms. The van der Waals surface area contributed by atoms with E-state index in [0.29, 0.717) is 11.3 Å². The summed E-state index contributed by atoms with van der Waals surface area (Å²) in [5, 5.41) is 2.71. The van der Waals surface area contributed by atoms with Crippen molar-refractivity contribution in [3.8, 4) is 0 Å². The maximum atomic E-state index is 13.5. The van der Waals surface area contributed by atoms with Crippen molar-refractivity contribution in [2.45, 2.75) is 51.1 Å². The molecular formula is C26H28N2O5. The smallest absolute Gasteiger partial charge is 0.333 e. The van der Waals surface area contributed by atoms with Crippen LogP contribution in [0.1, 0.15) is 64.7 Å². The summed E-state index contributed by atoms with van der Waals surface area (Å²) in [7, 11) is 1.27. The zero-order valence-corrected chi connectivity index (χ0v) is 18.7. The summed E-state index contributed by atoms with van der Waals surface area (Å²) in [6, 6.07) is 13.1. The summed E-state index contributed by atoms with van der Waals surface area (Å²) >= 11 is 0. The van der Waals surface area contributed by atoms with Crippen LogP contribution in [0.3, 0.4) is 0 Å². The van der Waals surface area contributed by atoms with Gasteiger partial charge in [0.2, 0.25) is 0 Å². The molecule has 1 aliphatic rings. The SMILES string of the molecule is COC(=O)[C@H](NC(=O)c1cc2c(n(Cc3ccco3)c1=O)CCCCCC2)c1ccccc1. The Morgan fingerprint density at radius 3 is 2.52 bits per heavy atom. The Hall–Kier alpha value is -3.61. The summed E-state index contributed by atoms with van der Waals surface area (Å²) in [5.74, 6) is -0.551. The van der Waals surface area contributed by atoms with Crippen LogP contribution in [0, 0.1) is 0 Å². The van der Waals surface area contributed by atoms with E-state index in [0.717, 1.165) is 49.8 Å². The first-order valence-corrected chi connectivity index (χ1v) is 11.3. The third-order valence-corrected chi connectivity index (χ3v) is 6.08. The number of fused-ring (bicyclic) bond motifs is 1. The second-order valence-electron chi connectivity index (χ2n) is 8.26. The molecule has 3 aromatic rings. The van der Waals surface area contributed by atoms with Crippen molar-refractivity contribution in [2.24, 2.45) is 0 Å². The number of aromatic nitrogens is 1. The van der Waals surface area contributed by atoms with Gasteiger partial charge in [0, 0.05) is 5.69 Å². The fourth-order valence-corrected chi connectivity index (χ4v) is 4.37. The number of aryl methyl sites for hydroxylation is 1. The normalized spacial score (nSPS) is 14.5. The second kappa shape index (κ2) is 10.3. The summed E-state index contributed by atoms with van der Waals surface area (Å²) < 4.78 is 12.0. The van der Waals surface area contributed by atoms with Gasteiger partial charge in [-0.15, -0.1) is 0 Å². The Kier molecular flexibility index (Phi) is 7.07. The molecule has 1 aliphatic carbocycles. The number of nitrogens with one attached hydrogen (secondary N) is 1. The lowest BCUT2D eigenvalue weighted by molar-refractivity contribution is -0.143. The molecule has 7 heteroatoms. The Morgan fingerprint density at radius 1 is 1.06 bits per heavy atom. The number of ether oxygens (including phenoxy) is 1. The van der Waals surface area contributed by atoms with Crippen molar-refractivity contribution in [2.75, 3.05) is 7.11 Å². The standard InChI is InChI=1S/C26H28N2O5/c1-32-26(31)23(18-10-6-4-7-11-18)27-24(29)21-16-19-12-5-2-3-8-14-22(19)28(25(21)30)17-20-13-9-15-33-20/h4,6-7,9-11,13,15-16,23H,2-3,5,8,12,14,17H2,1H3,(H,27,29)/t23-/m1/s1. The number of methoxy groups -OCH3 is 1. The molecule has 1 N–H and O–H groups in total. The highest BCUT2D eigenvalue weighted by molar-refractivity contribution is 5.97. The van der Waals surface area contributed by atoms with Gasteiger partial charge >= 0.3 is 5.97 Å². The zero-order chi connectivity index (χ0) is 23.2. The van der Waals surface area contributed by atoms with Gasteiger partial charge in [0.1, 0.15) is 11.3 Å². The van der Waals surface area contributed by atoms with Crippen LogP contribution in [0.2, 0.25) is 0 Å². The summed E-state index contributed by atoms with van der Waals surface area (Å²) in [5.41, 5.74) is 2.17. The van der Waals surface area contributed by atoms with Crippen LogP contribution in [0.15, 0.2) is 64.0 Å².